The summed E-state index contributed by atoms with van der Waals surface area (Å²) in [5.74, 6) is -0.337. The Hall–Kier alpha value is -1.73. The third-order valence-corrected chi connectivity index (χ3v) is 5.97. The second-order valence-electron chi connectivity index (χ2n) is 6.03. The highest BCUT2D eigenvalue weighted by Gasteiger charge is 2.27. The van der Waals surface area contributed by atoms with Gasteiger partial charge in [-0.2, -0.15) is 9.41 Å². The largest absolute Gasteiger partial charge is 0.271 e. The van der Waals surface area contributed by atoms with Crippen molar-refractivity contribution < 1.29 is 13.2 Å². The SMILES string of the molecule is CCCC/C(C)=N\NC(=O)c1ccc(S(=O)(=O)N2CCCC2)cc1. The Morgan fingerprint density at radius 2 is 1.83 bits per heavy atom. The number of carbonyl (C=O) groups is 1. The van der Waals surface area contributed by atoms with Gasteiger partial charge < -0.3 is 0 Å². The van der Waals surface area contributed by atoms with E-state index < -0.39 is 10.0 Å². The van der Waals surface area contributed by atoms with Crippen LogP contribution in [0.5, 0.6) is 0 Å². The number of nitrogens with one attached hydrogen (secondary N) is 1. The highest BCUT2D eigenvalue weighted by atomic mass is 32.2. The number of carbonyl (C=O) groups excluding carboxylic acids is 1. The maximum atomic E-state index is 12.4. The molecule has 0 aromatic heterocycles. The van der Waals surface area contributed by atoms with Gasteiger partial charge >= 0.3 is 0 Å². The van der Waals surface area contributed by atoms with Crippen LogP contribution < -0.4 is 5.43 Å². The normalized spacial score (nSPS) is 16.3. The number of hydrogen-bond donors (Lipinski definition) is 1. The quantitative estimate of drug-likeness (QED) is 0.606. The first-order valence-corrected chi connectivity index (χ1v) is 9.83. The summed E-state index contributed by atoms with van der Waals surface area (Å²) in [6, 6.07) is 6.01. The molecule has 1 amide bonds. The summed E-state index contributed by atoms with van der Waals surface area (Å²) in [6.07, 6.45) is 4.76. The number of unbranched alkanes of at least 4 members (excludes halogenated alkanes) is 1. The van der Waals surface area contributed by atoms with Crippen molar-refractivity contribution >= 4 is 21.6 Å². The molecule has 2 rings (SSSR count). The predicted octanol–water partition coefficient (Wildman–Crippen LogP) is 2.77. The molecule has 1 aliphatic rings. The van der Waals surface area contributed by atoms with Crippen LogP contribution in [-0.4, -0.2) is 37.4 Å². The third-order valence-electron chi connectivity index (χ3n) is 4.06. The molecule has 1 N–H and O–H groups in total. The zero-order chi connectivity index (χ0) is 17.6. The minimum atomic E-state index is -3.44. The molecule has 1 aromatic carbocycles. The lowest BCUT2D eigenvalue weighted by Crippen LogP contribution is -2.28. The van der Waals surface area contributed by atoms with Gasteiger partial charge in [0.2, 0.25) is 10.0 Å². The number of rotatable bonds is 7. The van der Waals surface area contributed by atoms with E-state index in [0.717, 1.165) is 37.8 Å². The lowest BCUT2D eigenvalue weighted by molar-refractivity contribution is 0.0954. The standard InChI is InChI=1S/C17H25N3O3S/c1-3-4-7-14(2)18-19-17(21)15-8-10-16(11-9-15)24(22,23)20-12-5-6-13-20/h8-11H,3-7,12-13H2,1-2H3,(H,19,21)/b18-14-. The van der Waals surface area contributed by atoms with Crippen molar-refractivity contribution in [3.63, 3.8) is 0 Å². The van der Waals surface area contributed by atoms with Crippen LogP contribution in [0.1, 0.15) is 56.3 Å². The van der Waals surface area contributed by atoms with Crippen LogP contribution in [0.2, 0.25) is 0 Å². The van der Waals surface area contributed by atoms with E-state index in [0.29, 0.717) is 18.7 Å². The molecule has 1 aliphatic heterocycles. The van der Waals surface area contributed by atoms with Crippen LogP contribution in [0.15, 0.2) is 34.3 Å². The maximum absolute atomic E-state index is 12.4. The van der Waals surface area contributed by atoms with Crippen molar-refractivity contribution in [1.29, 1.82) is 0 Å². The molecule has 1 fully saturated rings. The van der Waals surface area contributed by atoms with E-state index in [1.165, 1.54) is 28.6 Å². The second kappa shape index (κ2) is 8.39. The fourth-order valence-corrected chi connectivity index (χ4v) is 4.07. The fraction of sp³-hybridized carbons (Fsp3) is 0.529. The number of hydrazone groups is 1. The van der Waals surface area contributed by atoms with Crippen molar-refractivity contribution in [3.05, 3.63) is 29.8 Å². The summed E-state index contributed by atoms with van der Waals surface area (Å²) in [6.45, 7) is 5.11. The van der Waals surface area contributed by atoms with Crippen molar-refractivity contribution in [1.82, 2.24) is 9.73 Å². The topological polar surface area (TPSA) is 78.8 Å². The van der Waals surface area contributed by atoms with Crippen LogP contribution >= 0.6 is 0 Å². The number of benzene rings is 1. The van der Waals surface area contributed by atoms with Crippen LogP contribution in [0.4, 0.5) is 0 Å². The molecule has 0 aliphatic carbocycles. The zero-order valence-corrected chi connectivity index (χ0v) is 15.1. The molecule has 0 unspecified atom stereocenters. The smallest absolute Gasteiger partial charge is 0.267 e. The third kappa shape index (κ3) is 4.64. The van der Waals surface area contributed by atoms with Gasteiger partial charge in [-0.1, -0.05) is 13.3 Å². The summed E-state index contributed by atoms with van der Waals surface area (Å²) < 4.78 is 26.4. The molecule has 7 heteroatoms. The van der Waals surface area contributed by atoms with E-state index in [1.54, 1.807) is 0 Å². The van der Waals surface area contributed by atoms with Crippen LogP contribution in [-0.2, 0) is 10.0 Å². The molecule has 132 valence electrons. The average Bonchev–Trinajstić information content (AvgIpc) is 3.13. The van der Waals surface area contributed by atoms with Gasteiger partial charge in [0.05, 0.1) is 4.90 Å². The summed E-state index contributed by atoms with van der Waals surface area (Å²) in [4.78, 5) is 12.3. The lowest BCUT2D eigenvalue weighted by Gasteiger charge is -2.15. The Balaban J connectivity index is 2.02. The Bertz CT molecular complexity index is 690. The van der Waals surface area contributed by atoms with E-state index in [4.69, 9.17) is 0 Å². The predicted molar refractivity (Wildman–Crippen MR) is 94.5 cm³/mol. The average molecular weight is 351 g/mol. The summed E-state index contributed by atoms with van der Waals surface area (Å²) in [5, 5.41) is 4.06. The molecule has 0 saturated carbocycles. The first-order chi connectivity index (χ1) is 11.4. The van der Waals surface area contributed by atoms with E-state index in [9.17, 15) is 13.2 Å². The van der Waals surface area contributed by atoms with E-state index in [-0.39, 0.29) is 10.8 Å². The van der Waals surface area contributed by atoms with Crippen molar-refractivity contribution in [2.75, 3.05) is 13.1 Å². The molecular weight excluding hydrogens is 326 g/mol. The van der Waals surface area contributed by atoms with Crippen LogP contribution in [0.3, 0.4) is 0 Å². The van der Waals surface area contributed by atoms with Crippen molar-refractivity contribution in [3.8, 4) is 0 Å². The number of sulfonamides is 1. The lowest BCUT2D eigenvalue weighted by atomic mass is 10.2. The van der Waals surface area contributed by atoms with Crippen molar-refractivity contribution in [2.24, 2.45) is 5.10 Å². The van der Waals surface area contributed by atoms with Gasteiger partial charge in [-0.25, -0.2) is 13.8 Å². The molecule has 1 saturated heterocycles. The fourth-order valence-electron chi connectivity index (χ4n) is 2.56. The Kier molecular flexibility index (Phi) is 6.51. The first-order valence-electron chi connectivity index (χ1n) is 8.39. The van der Waals surface area contributed by atoms with E-state index >= 15 is 0 Å². The Labute approximate surface area is 144 Å². The first kappa shape index (κ1) is 18.6. The minimum absolute atomic E-state index is 0.226. The molecule has 24 heavy (non-hydrogen) atoms. The molecule has 0 bridgehead atoms. The van der Waals surface area contributed by atoms with Crippen molar-refractivity contribution in [2.45, 2.75) is 50.8 Å². The maximum Gasteiger partial charge on any atom is 0.271 e. The Morgan fingerprint density at radius 3 is 2.42 bits per heavy atom. The van der Waals surface area contributed by atoms with Crippen LogP contribution in [0, 0.1) is 0 Å². The van der Waals surface area contributed by atoms with Gasteiger partial charge in [-0.15, -0.1) is 0 Å². The molecule has 0 atom stereocenters. The van der Waals surface area contributed by atoms with Gasteiger partial charge in [-0.05, 0) is 56.9 Å². The van der Waals surface area contributed by atoms with E-state index in [1.807, 2.05) is 6.92 Å². The molecule has 1 heterocycles. The zero-order valence-electron chi connectivity index (χ0n) is 14.3. The number of hydrogen-bond acceptors (Lipinski definition) is 4. The Morgan fingerprint density at radius 1 is 1.21 bits per heavy atom. The monoisotopic (exact) mass is 351 g/mol. The van der Waals surface area contributed by atoms with Gasteiger partial charge in [0.1, 0.15) is 0 Å². The molecule has 6 nitrogen and oxygen atoms in total. The number of nitrogens with zero attached hydrogens (tertiary/aromatic N) is 2. The molecule has 1 aromatic rings. The highest BCUT2D eigenvalue weighted by Crippen LogP contribution is 2.21. The van der Waals surface area contributed by atoms with Gasteiger partial charge in [0.25, 0.3) is 5.91 Å². The van der Waals surface area contributed by atoms with Crippen LogP contribution in [0.25, 0.3) is 0 Å². The molecular formula is C17H25N3O3S. The van der Waals surface area contributed by atoms with Gasteiger partial charge in [0.15, 0.2) is 0 Å². The molecule has 0 spiro atoms. The van der Waals surface area contributed by atoms with E-state index in [2.05, 4.69) is 17.5 Å². The number of amides is 1. The summed E-state index contributed by atoms with van der Waals surface area (Å²) in [7, 11) is -3.44. The summed E-state index contributed by atoms with van der Waals surface area (Å²) >= 11 is 0. The molecule has 0 radical (unpaired) electrons. The van der Waals surface area contributed by atoms with Gasteiger partial charge in [0, 0.05) is 24.4 Å². The summed E-state index contributed by atoms with van der Waals surface area (Å²) in [5.41, 5.74) is 3.77. The second-order valence-corrected chi connectivity index (χ2v) is 7.97. The minimum Gasteiger partial charge on any atom is -0.267 e. The van der Waals surface area contributed by atoms with Gasteiger partial charge in [-0.3, -0.25) is 4.79 Å². The highest BCUT2D eigenvalue weighted by molar-refractivity contribution is 7.89.